The number of rotatable bonds is 11. The molecule has 0 atom stereocenters. The summed E-state index contributed by atoms with van der Waals surface area (Å²) in [6, 6.07) is 16.4. The minimum Gasteiger partial charge on any atom is -0.481 e. The largest absolute Gasteiger partial charge is 0.481 e. The van der Waals surface area contributed by atoms with Crippen molar-refractivity contribution in [1.29, 1.82) is 0 Å². The molecule has 0 aliphatic heterocycles. The second-order valence-corrected chi connectivity index (χ2v) is 10.0. The first-order chi connectivity index (χ1) is 16.6. The third-order valence-corrected chi connectivity index (χ3v) is 6.48. The summed E-state index contributed by atoms with van der Waals surface area (Å²) in [6.07, 6.45) is 0.637. The SMILES string of the molecule is CC(C)N(CCCC(=O)O)C(=O)CCC(C)(C)NC(=O)OCC1c2ccccc2-c2ccccc21. The molecule has 0 aromatic heterocycles. The molecule has 0 bridgehead atoms. The lowest BCUT2D eigenvalue weighted by Gasteiger charge is -2.30. The minimum absolute atomic E-state index is 0.0109. The number of alkyl carbamates (subject to hydrolysis) is 1. The van der Waals surface area contributed by atoms with Crippen LogP contribution < -0.4 is 5.32 Å². The Morgan fingerprint density at radius 2 is 1.57 bits per heavy atom. The van der Waals surface area contributed by atoms with Crippen molar-refractivity contribution in [2.24, 2.45) is 0 Å². The van der Waals surface area contributed by atoms with E-state index in [1.165, 1.54) is 11.1 Å². The first-order valence-electron chi connectivity index (χ1n) is 12.2. The standard InChI is InChI=1S/C28H36N2O5/c1-19(2)30(17-9-14-26(32)33)25(31)15-16-28(3,4)29-27(34)35-18-24-22-12-7-5-10-20(22)21-11-6-8-13-23(21)24/h5-8,10-13,19,24H,9,14-18H2,1-4H3,(H,29,34)(H,32,33). The second-order valence-electron chi connectivity index (χ2n) is 10.0. The Labute approximate surface area is 207 Å². The van der Waals surface area contributed by atoms with Crippen molar-refractivity contribution >= 4 is 18.0 Å². The number of carbonyl (C=O) groups excluding carboxylic acids is 2. The predicted octanol–water partition coefficient (Wildman–Crippen LogP) is 5.19. The maximum atomic E-state index is 12.8. The molecule has 2 aromatic carbocycles. The van der Waals surface area contributed by atoms with Crippen molar-refractivity contribution in [2.75, 3.05) is 13.2 Å². The summed E-state index contributed by atoms with van der Waals surface area (Å²) in [7, 11) is 0. The van der Waals surface area contributed by atoms with E-state index in [9.17, 15) is 14.4 Å². The van der Waals surface area contributed by atoms with Crippen LogP contribution >= 0.6 is 0 Å². The van der Waals surface area contributed by atoms with E-state index in [4.69, 9.17) is 9.84 Å². The van der Waals surface area contributed by atoms with Gasteiger partial charge in [0.05, 0.1) is 0 Å². The van der Waals surface area contributed by atoms with Gasteiger partial charge < -0.3 is 20.1 Å². The smallest absolute Gasteiger partial charge is 0.407 e. The molecule has 7 heteroatoms. The minimum atomic E-state index is -0.866. The first kappa shape index (κ1) is 26.3. The van der Waals surface area contributed by atoms with Crippen LogP contribution in [0.5, 0.6) is 0 Å². The number of amides is 2. The Morgan fingerprint density at radius 3 is 2.11 bits per heavy atom. The second kappa shape index (κ2) is 11.4. The fourth-order valence-corrected chi connectivity index (χ4v) is 4.61. The quantitative estimate of drug-likeness (QED) is 0.462. The average Bonchev–Trinajstić information content (AvgIpc) is 3.12. The maximum Gasteiger partial charge on any atom is 0.407 e. The fraction of sp³-hybridized carbons (Fsp3) is 0.464. The highest BCUT2D eigenvalue weighted by Crippen LogP contribution is 2.44. The Hall–Kier alpha value is -3.35. The summed E-state index contributed by atoms with van der Waals surface area (Å²) >= 11 is 0. The molecule has 1 aliphatic carbocycles. The predicted molar refractivity (Wildman–Crippen MR) is 135 cm³/mol. The number of carboxylic acids is 1. The molecule has 2 N–H and O–H groups in total. The maximum absolute atomic E-state index is 12.8. The zero-order chi connectivity index (χ0) is 25.6. The normalized spacial score (nSPS) is 12.7. The van der Waals surface area contributed by atoms with Gasteiger partial charge in [0.25, 0.3) is 0 Å². The lowest BCUT2D eigenvalue weighted by atomic mass is 9.97. The van der Waals surface area contributed by atoms with Crippen LogP contribution in [0.25, 0.3) is 11.1 Å². The number of benzene rings is 2. The molecule has 3 rings (SSSR count). The molecule has 0 radical (unpaired) electrons. The molecule has 1 aliphatic rings. The molecule has 188 valence electrons. The van der Waals surface area contributed by atoms with Crippen LogP contribution in [-0.4, -0.2) is 52.7 Å². The summed E-state index contributed by atoms with van der Waals surface area (Å²) in [5.74, 6) is -0.925. The Balaban J connectivity index is 1.52. The third-order valence-electron chi connectivity index (χ3n) is 6.48. The number of hydrogen-bond acceptors (Lipinski definition) is 4. The zero-order valence-electron chi connectivity index (χ0n) is 21.0. The number of aliphatic carboxylic acids is 1. The van der Waals surface area contributed by atoms with E-state index in [0.717, 1.165) is 11.1 Å². The Kier molecular flexibility index (Phi) is 8.54. The highest BCUT2D eigenvalue weighted by Gasteiger charge is 2.30. The van der Waals surface area contributed by atoms with Crippen LogP contribution in [-0.2, 0) is 14.3 Å². The molecule has 2 aromatic rings. The van der Waals surface area contributed by atoms with Crippen molar-refractivity contribution in [3.63, 3.8) is 0 Å². The highest BCUT2D eigenvalue weighted by atomic mass is 16.5. The molecule has 2 amide bonds. The Morgan fingerprint density at radius 1 is 1.00 bits per heavy atom. The van der Waals surface area contributed by atoms with Crippen molar-refractivity contribution in [2.45, 2.75) is 70.9 Å². The van der Waals surface area contributed by atoms with E-state index in [0.29, 0.717) is 19.4 Å². The number of carbonyl (C=O) groups is 3. The van der Waals surface area contributed by atoms with Crippen molar-refractivity contribution in [3.05, 3.63) is 59.7 Å². The van der Waals surface area contributed by atoms with E-state index >= 15 is 0 Å². The molecule has 0 fully saturated rings. The van der Waals surface area contributed by atoms with Crippen LogP contribution in [0.3, 0.4) is 0 Å². The van der Waals surface area contributed by atoms with Crippen molar-refractivity contribution in [1.82, 2.24) is 10.2 Å². The third kappa shape index (κ3) is 6.84. The summed E-state index contributed by atoms with van der Waals surface area (Å²) < 4.78 is 5.64. The molecule has 35 heavy (non-hydrogen) atoms. The van der Waals surface area contributed by atoms with E-state index < -0.39 is 17.6 Å². The molecule has 0 heterocycles. The molecule has 0 saturated carbocycles. The fourth-order valence-electron chi connectivity index (χ4n) is 4.61. The average molecular weight is 481 g/mol. The van der Waals surface area contributed by atoms with Gasteiger partial charge in [-0.3, -0.25) is 9.59 Å². The monoisotopic (exact) mass is 480 g/mol. The van der Waals surface area contributed by atoms with Gasteiger partial charge >= 0.3 is 12.1 Å². The molecule has 0 unspecified atom stereocenters. The van der Waals surface area contributed by atoms with E-state index in [2.05, 4.69) is 29.6 Å². The molecular weight excluding hydrogens is 444 g/mol. The van der Waals surface area contributed by atoms with Gasteiger partial charge in [-0.15, -0.1) is 0 Å². The van der Waals surface area contributed by atoms with Gasteiger partial charge in [0.1, 0.15) is 6.61 Å². The number of hydrogen-bond donors (Lipinski definition) is 2. The van der Waals surface area contributed by atoms with Gasteiger partial charge in [0, 0.05) is 36.9 Å². The zero-order valence-corrected chi connectivity index (χ0v) is 21.0. The number of nitrogens with zero attached hydrogens (tertiary/aromatic N) is 1. The van der Waals surface area contributed by atoms with E-state index in [1.54, 1.807) is 4.90 Å². The summed E-state index contributed by atoms with van der Waals surface area (Å²) in [4.78, 5) is 37.9. The number of nitrogens with one attached hydrogen (secondary N) is 1. The van der Waals surface area contributed by atoms with Gasteiger partial charge in [-0.25, -0.2) is 4.79 Å². The molecule has 0 spiro atoms. The van der Waals surface area contributed by atoms with Crippen molar-refractivity contribution in [3.8, 4) is 11.1 Å². The molecular formula is C28H36N2O5. The lowest BCUT2D eigenvalue weighted by molar-refractivity contribution is -0.138. The Bertz CT molecular complexity index is 1020. The first-order valence-corrected chi connectivity index (χ1v) is 12.2. The van der Waals surface area contributed by atoms with Crippen LogP contribution in [0.2, 0.25) is 0 Å². The number of ether oxygens (including phenoxy) is 1. The van der Waals surface area contributed by atoms with Crippen LogP contribution in [0.1, 0.15) is 70.4 Å². The van der Waals surface area contributed by atoms with Crippen LogP contribution in [0, 0.1) is 0 Å². The van der Waals surface area contributed by atoms with Crippen LogP contribution in [0.4, 0.5) is 4.79 Å². The summed E-state index contributed by atoms with van der Waals surface area (Å²) in [6.45, 7) is 8.21. The van der Waals surface area contributed by atoms with Gasteiger partial charge in [-0.2, -0.15) is 0 Å². The summed E-state index contributed by atoms with van der Waals surface area (Å²) in [5, 5.41) is 11.8. The molecule has 0 saturated heterocycles. The van der Waals surface area contributed by atoms with E-state index in [-0.39, 0.29) is 37.3 Å². The summed E-state index contributed by atoms with van der Waals surface area (Å²) in [5.41, 5.74) is 4.02. The van der Waals surface area contributed by atoms with Gasteiger partial charge in [-0.05, 0) is 62.8 Å². The number of fused-ring (bicyclic) bond motifs is 3. The number of carboxylic acid groups (broad SMARTS) is 1. The molecule has 7 nitrogen and oxygen atoms in total. The lowest BCUT2D eigenvalue weighted by Crippen LogP contribution is -2.45. The van der Waals surface area contributed by atoms with E-state index in [1.807, 2.05) is 52.0 Å². The van der Waals surface area contributed by atoms with Crippen LogP contribution in [0.15, 0.2) is 48.5 Å². The topological polar surface area (TPSA) is 95.9 Å². The highest BCUT2D eigenvalue weighted by molar-refractivity contribution is 5.79. The van der Waals surface area contributed by atoms with Crippen molar-refractivity contribution < 1.29 is 24.2 Å². The van der Waals surface area contributed by atoms with Gasteiger partial charge in [0.2, 0.25) is 5.91 Å². The van der Waals surface area contributed by atoms with Gasteiger partial charge in [0.15, 0.2) is 0 Å². The van der Waals surface area contributed by atoms with Gasteiger partial charge in [-0.1, -0.05) is 48.5 Å².